The van der Waals surface area contributed by atoms with Crippen LogP contribution in [-0.4, -0.2) is 90.1 Å². The van der Waals surface area contributed by atoms with Gasteiger partial charge in [0.05, 0.1) is 16.7 Å². The molecule has 0 aliphatic heterocycles. The number of ether oxygens (including phenoxy) is 6. The van der Waals surface area contributed by atoms with Gasteiger partial charge in [-0.2, -0.15) is 0 Å². The van der Waals surface area contributed by atoms with E-state index in [4.69, 9.17) is 28.4 Å². The van der Waals surface area contributed by atoms with Gasteiger partial charge in [0.2, 0.25) is 0 Å². The number of benzene rings is 3. The number of carbonyl (C=O) groups excluding carboxylic acids is 3. The van der Waals surface area contributed by atoms with Crippen LogP contribution in [0.4, 0.5) is 0 Å². The zero-order valence-corrected chi connectivity index (χ0v) is 43.0. The van der Waals surface area contributed by atoms with E-state index in [0.717, 1.165) is 12.8 Å². The average Bonchev–Trinajstić information content (AvgIpc) is 3.35. The fourth-order valence-corrected chi connectivity index (χ4v) is 8.40. The monoisotopic (exact) mass is 980 g/mol. The summed E-state index contributed by atoms with van der Waals surface area (Å²) in [5, 5.41) is 9.00. The molecule has 13 nitrogen and oxygen atoms in total. The highest BCUT2D eigenvalue weighted by molar-refractivity contribution is 6.72. The Balaban J connectivity index is 1.93. The number of nitrogens with one attached hydrogen (secondary N) is 3. The van der Waals surface area contributed by atoms with Crippen LogP contribution in [0, 0.1) is 5.41 Å². The Morgan fingerprint density at radius 2 is 0.771 bits per heavy atom. The smallest absolute Gasteiger partial charge is 0.255 e. The van der Waals surface area contributed by atoms with E-state index in [-0.39, 0.29) is 67.8 Å². The maximum Gasteiger partial charge on any atom is 0.255 e. The third-order valence-electron chi connectivity index (χ3n) is 12.2. The number of para-hydroxylation sites is 3. The second kappa shape index (κ2) is 30.2. The van der Waals surface area contributed by atoms with Crippen molar-refractivity contribution in [2.45, 2.75) is 83.3 Å². The van der Waals surface area contributed by atoms with E-state index in [1.165, 1.54) is 0 Å². The van der Waals surface area contributed by atoms with E-state index >= 15 is 0 Å². The summed E-state index contributed by atoms with van der Waals surface area (Å²) in [6, 6.07) is 15.6. The first-order valence-electron chi connectivity index (χ1n) is 24.0. The number of amides is 3. The summed E-state index contributed by atoms with van der Waals surface area (Å²) in [6.45, 7) is 33.0. The normalized spacial score (nSPS) is 11.3. The van der Waals surface area contributed by atoms with Crippen molar-refractivity contribution in [1.29, 1.82) is 0 Å². The van der Waals surface area contributed by atoms with E-state index < -0.39 is 8.32 Å². The molecule has 3 aromatic rings. The summed E-state index contributed by atoms with van der Waals surface area (Å²) >= 11 is 0. The van der Waals surface area contributed by atoms with Crippen molar-refractivity contribution in [2.24, 2.45) is 5.41 Å². The van der Waals surface area contributed by atoms with E-state index in [1.807, 2.05) is 13.1 Å². The Kier molecular flexibility index (Phi) is 24.9. The van der Waals surface area contributed by atoms with E-state index in [2.05, 4.69) is 69.3 Å². The van der Waals surface area contributed by atoms with Gasteiger partial charge in [0.15, 0.2) is 42.8 Å². The van der Waals surface area contributed by atoms with Crippen molar-refractivity contribution in [3.05, 3.63) is 147 Å². The summed E-state index contributed by atoms with van der Waals surface area (Å²) in [5.41, 5.74) is 0.695. The number of carbonyl (C=O) groups is 3. The molecular weight excluding hydrogens is 903 g/mol. The van der Waals surface area contributed by atoms with Gasteiger partial charge in [0.1, 0.15) is 39.6 Å². The SMILES string of the molecule is C=CCOc1cccc(C(=O)NCCCC(CCCNC(=O)c2cccc(OCC=C)c2OCC=C)(CCCNC(=O)c2cccc(OCC=C)c2OCC=C)CCC(C)(C)[Si](C)(C)O)c1OCC=C. The van der Waals surface area contributed by atoms with Crippen molar-refractivity contribution in [3.63, 3.8) is 0 Å². The van der Waals surface area contributed by atoms with Gasteiger partial charge in [-0.15, -0.1) is 0 Å². The van der Waals surface area contributed by atoms with Crippen LogP contribution in [-0.2, 0) is 0 Å². The number of hydrogen-bond acceptors (Lipinski definition) is 10. The molecule has 0 aliphatic carbocycles. The first-order chi connectivity index (χ1) is 33.6. The zero-order valence-electron chi connectivity index (χ0n) is 42.0. The van der Waals surface area contributed by atoms with Crippen LogP contribution >= 0.6 is 0 Å². The summed E-state index contributed by atoms with van der Waals surface area (Å²) in [7, 11) is -2.61. The molecule has 3 aromatic carbocycles. The largest absolute Gasteiger partial charge is 0.486 e. The molecule has 0 aromatic heterocycles. The number of hydrogen-bond donors (Lipinski definition) is 4. The lowest BCUT2D eigenvalue weighted by Gasteiger charge is -2.41. The molecule has 0 fully saturated rings. The molecule has 0 bridgehead atoms. The van der Waals surface area contributed by atoms with Crippen LogP contribution in [0.25, 0.3) is 0 Å². The molecule has 3 amide bonds. The molecule has 70 heavy (non-hydrogen) atoms. The molecular formula is C56H77N3O10Si. The molecule has 0 saturated carbocycles. The molecule has 0 heterocycles. The van der Waals surface area contributed by atoms with Crippen LogP contribution in [0.1, 0.15) is 96.3 Å². The van der Waals surface area contributed by atoms with Crippen LogP contribution in [0.5, 0.6) is 34.5 Å². The predicted molar refractivity (Wildman–Crippen MR) is 284 cm³/mol. The van der Waals surface area contributed by atoms with Gasteiger partial charge in [0, 0.05) is 19.6 Å². The Labute approximate surface area is 417 Å². The minimum atomic E-state index is -2.61. The van der Waals surface area contributed by atoms with Crippen LogP contribution in [0.3, 0.4) is 0 Å². The maximum absolute atomic E-state index is 13.8. The highest BCUT2D eigenvalue weighted by atomic mass is 28.4. The van der Waals surface area contributed by atoms with Crippen molar-refractivity contribution < 1.29 is 47.6 Å². The molecule has 14 heteroatoms. The average molecular weight is 980 g/mol. The van der Waals surface area contributed by atoms with Crippen molar-refractivity contribution in [2.75, 3.05) is 59.3 Å². The molecule has 0 radical (unpaired) electrons. The van der Waals surface area contributed by atoms with E-state index in [9.17, 15) is 19.2 Å². The Morgan fingerprint density at radius 3 is 1.04 bits per heavy atom. The molecule has 0 aliphatic rings. The topological polar surface area (TPSA) is 163 Å². The Bertz CT molecular complexity index is 1990. The fraction of sp³-hybridized carbons (Fsp3) is 0.411. The maximum atomic E-state index is 13.8. The first-order valence-corrected chi connectivity index (χ1v) is 26.9. The predicted octanol–water partition coefficient (Wildman–Crippen LogP) is 10.7. The first kappa shape index (κ1) is 57.8. The lowest BCUT2D eigenvalue weighted by atomic mass is 9.71. The lowest BCUT2D eigenvalue weighted by Crippen LogP contribution is -2.40. The van der Waals surface area contributed by atoms with Crippen LogP contribution in [0.2, 0.25) is 18.1 Å². The van der Waals surface area contributed by atoms with E-state index in [0.29, 0.717) is 109 Å². The van der Waals surface area contributed by atoms with Gasteiger partial charge in [-0.1, -0.05) is 108 Å². The minimum absolute atomic E-state index is 0.184. The van der Waals surface area contributed by atoms with Crippen LogP contribution in [0.15, 0.2) is 131 Å². The van der Waals surface area contributed by atoms with Crippen molar-refractivity contribution in [3.8, 4) is 34.5 Å². The van der Waals surface area contributed by atoms with Gasteiger partial charge in [-0.05, 0) is 111 Å². The second-order valence-corrected chi connectivity index (χ2v) is 22.5. The molecule has 0 atom stereocenters. The zero-order chi connectivity index (χ0) is 51.4. The summed E-state index contributed by atoms with van der Waals surface area (Å²) in [6.07, 6.45) is 15.2. The third-order valence-corrected chi connectivity index (χ3v) is 15.8. The molecule has 4 N–H and O–H groups in total. The van der Waals surface area contributed by atoms with Gasteiger partial charge in [-0.3, -0.25) is 14.4 Å². The highest BCUT2D eigenvalue weighted by Gasteiger charge is 2.40. The molecule has 3 rings (SSSR count). The lowest BCUT2D eigenvalue weighted by molar-refractivity contribution is 0.0941. The Morgan fingerprint density at radius 1 is 0.486 bits per heavy atom. The standard InChI is InChI=1S/C56H77N3O10Si/c1-11-37-64-46-26-17-23-43(49(46)67-40-14-4)52(60)57-34-20-29-56(33-32-55(7,8)70(9,10)63,30-21-35-58-53(61)44-24-18-27-47(65-38-12-2)50(44)68-41-15-5)31-22-36-59-54(62)45-25-19-28-48(66-39-13-3)51(45)69-42-16-6/h11-19,23-28,63H,1-6,20-22,29-42H2,7-10H3,(H,57,60)(H,58,61)(H,59,62). The molecule has 0 unspecified atom stereocenters. The minimum Gasteiger partial charge on any atom is -0.486 e. The van der Waals surface area contributed by atoms with Crippen molar-refractivity contribution in [1.82, 2.24) is 16.0 Å². The fourth-order valence-electron chi connectivity index (χ4n) is 7.66. The quantitative estimate of drug-likeness (QED) is 0.0248. The summed E-state index contributed by atoms with van der Waals surface area (Å²) < 4.78 is 35.2. The van der Waals surface area contributed by atoms with Gasteiger partial charge in [-0.25, -0.2) is 0 Å². The van der Waals surface area contributed by atoms with Crippen molar-refractivity contribution >= 4 is 26.0 Å². The van der Waals surface area contributed by atoms with Gasteiger partial charge < -0.3 is 49.2 Å². The Hall–Kier alpha value is -6.51. The van der Waals surface area contributed by atoms with Crippen LogP contribution < -0.4 is 44.4 Å². The third kappa shape index (κ3) is 18.1. The molecule has 0 saturated heterocycles. The highest BCUT2D eigenvalue weighted by Crippen LogP contribution is 2.48. The van der Waals surface area contributed by atoms with Gasteiger partial charge in [0.25, 0.3) is 17.7 Å². The molecule has 380 valence electrons. The number of rotatable bonds is 37. The summed E-state index contributed by atoms with van der Waals surface area (Å²) in [5.74, 6) is 1.33. The van der Waals surface area contributed by atoms with E-state index in [1.54, 1.807) is 91.1 Å². The second-order valence-electron chi connectivity index (χ2n) is 18.0. The van der Waals surface area contributed by atoms with Gasteiger partial charge >= 0.3 is 0 Å². The summed E-state index contributed by atoms with van der Waals surface area (Å²) in [4.78, 5) is 52.8. The molecule has 0 spiro atoms.